The van der Waals surface area contributed by atoms with Crippen molar-refractivity contribution in [1.82, 2.24) is 5.32 Å². The van der Waals surface area contributed by atoms with Crippen molar-refractivity contribution in [3.63, 3.8) is 0 Å². The van der Waals surface area contributed by atoms with E-state index in [4.69, 9.17) is 15.2 Å². The first-order valence-corrected chi connectivity index (χ1v) is 6.32. The zero-order valence-corrected chi connectivity index (χ0v) is 12.7. The van der Waals surface area contributed by atoms with Gasteiger partial charge in [0.15, 0.2) is 0 Å². The largest absolute Gasteiger partial charge is 0.497 e. The van der Waals surface area contributed by atoms with Crippen LogP contribution >= 0.6 is 12.4 Å². The van der Waals surface area contributed by atoms with Gasteiger partial charge in [0.2, 0.25) is 5.91 Å². The standard InChI is InChI=1S/C14H22N2O3.ClH/c1-18-12-5-3-4-11(8-12)6-7-16-14(17)9-13(10-15)19-2;/h3-5,8,13H,6-7,9-10,15H2,1-2H3,(H,16,17);1H. The monoisotopic (exact) mass is 302 g/mol. The van der Waals surface area contributed by atoms with Gasteiger partial charge in [-0.2, -0.15) is 0 Å². The van der Waals surface area contributed by atoms with Gasteiger partial charge in [0.05, 0.1) is 19.6 Å². The number of hydrogen-bond donors (Lipinski definition) is 2. The Labute approximate surface area is 126 Å². The van der Waals surface area contributed by atoms with Gasteiger partial charge >= 0.3 is 0 Å². The Hall–Kier alpha value is -1.30. The van der Waals surface area contributed by atoms with Gasteiger partial charge in [-0.3, -0.25) is 4.79 Å². The molecule has 1 atom stereocenters. The second kappa shape index (κ2) is 10.5. The minimum absolute atomic E-state index is 0. The smallest absolute Gasteiger partial charge is 0.222 e. The summed E-state index contributed by atoms with van der Waals surface area (Å²) in [6, 6.07) is 7.80. The number of hydrogen-bond acceptors (Lipinski definition) is 4. The van der Waals surface area contributed by atoms with Crippen molar-refractivity contribution < 1.29 is 14.3 Å². The van der Waals surface area contributed by atoms with Gasteiger partial charge in [-0.15, -0.1) is 12.4 Å². The second-order valence-corrected chi connectivity index (χ2v) is 4.25. The van der Waals surface area contributed by atoms with E-state index in [0.717, 1.165) is 17.7 Å². The molecule has 1 aromatic rings. The molecule has 1 unspecified atom stereocenters. The van der Waals surface area contributed by atoms with Crippen LogP contribution in [0.3, 0.4) is 0 Å². The highest BCUT2D eigenvalue weighted by Crippen LogP contribution is 2.12. The molecule has 0 aliphatic carbocycles. The molecule has 20 heavy (non-hydrogen) atoms. The molecule has 0 heterocycles. The molecule has 0 aliphatic heterocycles. The molecular weight excluding hydrogens is 280 g/mol. The SMILES string of the molecule is COc1cccc(CCNC(=O)CC(CN)OC)c1.Cl. The Balaban J connectivity index is 0.00000361. The summed E-state index contributed by atoms with van der Waals surface area (Å²) in [5.74, 6) is 0.784. The van der Waals surface area contributed by atoms with E-state index < -0.39 is 0 Å². The molecule has 0 saturated carbocycles. The summed E-state index contributed by atoms with van der Waals surface area (Å²) in [4.78, 5) is 11.6. The molecule has 5 nitrogen and oxygen atoms in total. The second-order valence-electron chi connectivity index (χ2n) is 4.25. The van der Waals surface area contributed by atoms with E-state index in [0.29, 0.717) is 19.5 Å². The molecule has 0 saturated heterocycles. The summed E-state index contributed by atoms with van der Waals surface area (Å²) >= 11 is 0. The van der Waals surface area contributed by atoms with Crippen LogP contribution in [-0.4, -0.2) is 39.3 Å². The van der Waals surface area contributed by atoms with E-state index in [1.54, 1.807) is 14.2 Å². The number of benzene rings is 1. The maximum Gasteiger partial charge on any atom is 0.222 e. The quantitative estimate of drug-likeness (QED) is 0.755. The molecule has 0 spiro atoms. The molecule has 0 aromatic heterocycles. The van der Waals surface area contributed by atoms with Crippen LogP contribution < -0.4 is 15.8 Å². The van der Waals surface area contributed by atoms with E-state index >= 15 is 0 Å². The van der Waals surface area contributed by atoms with Gasteiger partial charge in [0.25, 0.3) is 0 Å². The van der Waals surface area contributed by atoms with Crippen LogP contribution in [0.1, 0.15) is 12.0 Å². The Morgan fingerprint density at radius 1 is 1.40 bits per heavy atom. The highest BCUT2D eigenvalue weighted by molar-refractivity contribution is 5.85. The number of amides is 1. The van der Waals surface area contributed by atoms with Gasteiger partial charge in [-0.1, -0.05) is 12.1 Å². The number of methoxy groups -OCH3 is 2. The Morgan fingerprint density at radius 3 is 2.75 bits per heavy atom. The number of nitrogens with two attached hydrogens (primary N) is 1. The van der Waals surface area contributed by atoms with Crippen LogP contribution in [0, 0.1) is 0 Å². The topological polar surface area (TPSA) is 73.6 Å². The van der Waals surface area contributed by atoms with Gasteiger partial charge < -0.3 is 20.5 Å². The van der Waals surface area contributed by atoms with E-state index in [1.165, 1.54) is 0 Å². The van der Waals surface area contributed by atoms with Crippen LogP contribution in [0.4, 0.5) is 0 Å². The summed E-state index contributed by atoms with van der Waals surface area (Å²) in [5.41, 5.74) is 6.59. The van der Waals surface area contributed by atoms with Gasteiger partial charge in [-0.25, -0.2) is 0 Å². The summed E-state index contributed by atoms with van der Waals surface area (Å²) in [7, 11) is 3.19. The van der Waals surface area contributed by atoms with Crippen LogP contribution in [0.25, 0.3) is 0 Å². The first-order chi connectivity index (χ1) is 9.19. The third-order valence-electron chi connectivity index (χ3n) is 2.88. The molecule has 0 bridgehead atoms. The summed E-state index contributed by atoms with van der Waals surface area (Å²) in [6.45, 7) is 0.937. The number of rotatable bonds is 8. The zero-order chi connectivity index (χ0) is 14.1. The van der Waals surface area contributed by atoms with Crippen molar-refractivity contribution in [1.29, 1.82) is 0 Å². The fourth-order valence-electron chi connectivity index (χ4n) is 1.72. The Kier molecular flexibility index (Phi) is 9.80. The van der Waals surface area contributed by atoms with Crippen LogP contribution in [-0.2, 0) is 16.0 Å². The Bertz CT molecular complexity index is 398. The first-order valence-electron chi connectivity index (χ1n) is 6.32. The molecule has 6 heteroatoms. The molecule has 1 rings (SSSR count). The highest BCUT2D eigenvalue weighted by Gasteiger charge is 2.10. The van der Waals surface area contributed by atoms with Crippen molar-refractivity contribution in [3.8, 4) is 5.75 Å². The van der Waals surface area contributed by atoms with E-state index in [9.17, 15) is 4.79 Å². The maximum absolute atomic E-state index is 11.6. The number of carbonyl (C=O) groups excluding carboxylic acids is 1. The number of nitrogens with one attached hydrogen (secondary N) is 1. The molecule has 1 amide bonds. The molecular formula is C14H23ClN2O3. The van der Waals surface area contributed by atoms with Crippen LogP contribution in [0.15, 0.2) is 24.3 Å². The van der Waals surface area contributed by atoms with E-state index in [-0.39, 0.29) is 24.4 Å². The molecule has 0 aliphatic rings. The number of carbonyl (C=O) groups is 1. The van der Waals surface area contributed by atoms with Crippen molar-refractivity contribution in [2.75, 3.05) is 27.3 Å². The predicted octanol–water partition coefficient (Wildman–Crippen LogP) is 1.14. The number of halogens is 1. The lowest BCUT2D eigenvalue weighted by Gasteiger charge is -2.12. The third-order valence-corrected chi connectivity index (χ3v) is 2.88. The van der Waals surface area contributed by atoms with Crippen LogP contribution in [0.5, 0.6) is 5.75 Å². The fraction of sp³-hybridized carbons (Fsp3) is 0.500. The molecule has 3 N–H and O–H groups in total. The zero-order valence-electron chi connectivity index (χ0n) is 11.9. The van der Waals surface area contributed by atoms with Gasteiger partial charge in [0.1, 0.15) is 5.75 Å². The van der Waals surface area contributed by atoms with E-state index in [2.05, 4.69) is 5.32 Å². The van der Waals surface area contributed by atoms with Crippen LogP contribution in [0.2, 0.25) is 0 Å². The van der Waals surface area contributed by atoms with Crippen molar-refractivity contribution in [2.45, 2.75) is 18.9 Å². The van der Waals surface area contributed by atoms with Gasteiger partial charge in [0, 0.05) is 20.2 Å². The molecule has 114 valence electrons. The Morgan fingerprint density at radius 2 is 2.15 bits per heavy atom. The molecule has 0 radical (unpaired) electrons. The summed E-state index contributed by atoms with van der Waals surface area (Å²) < 4.78 is 10.2. The summed E-state index contributed by atoms with van der Waals surface area (Å²) in [6.07, 6.45) is 0.853. The van der Waals surface area contributed by atoms with Crippen molar-refractivity contribution in [3.05, 3.63) is 29.8 Å². The lowest BCUT2D eigenvalue weighted by Crippen LogP contribution is -2.33. The lowest BCUT2D eigenvalue weighted by molar-refractivity contribution is -0.123. The van der Waals surface area contributed by atoms with Crippen molar-refractivity contribution >= 4 is 18.3 Å². The fourth-order valence-corrected chi connectivity index (χ4v) is 1.72. The third kappa shape index (κ3) is 6.75. The lowest BCUT2D eigenvalue weighted by atomic mass is 10.1. The highest BCUT2D eigenvalue weighted by atomic mass is 35.5. The first kappa shape index (κ1) is 18.7. The maximum atomic E-state index is 11.6. The molecule has 1 aromatic carbocycles. The minimum Gasteiger partial charge on any atom is -0.497 e. The van der Waals surface area contributed by atoms with Crippen molar-refractivity contribution in [2.24, 2.45) is 5.73 Å². The average molecular weight is 303 g/mol. The van der Waals surface area contributed by atoms with E-state index in [1.807, 2.05) is 24.3 Å². The normalized spacial score (nSPS) is 11.3. The predicted molar refractivity (Wildman–Crippen MR) is 81.4 cm³/mol. The summed E-state index contributed by atoms with van der Waals surface area (Å²) in [5, 5.41) is 2.85. The van der Waals surface area contributed by atoms with Gasteiger partial charge in [-0.05, 0) is 24.1 Å². The average Bonchev–Trinajstić information content (AvgIpc) is 2.45. The molecule has 0 fully saturated rings. The number of ether oxygens (including phenoxy) is 2. The minimum atomic E-state index is -0.211.